The smallest absolute Gasteiger partial charge is 0.347 e. The van der Waals surface area contributed by atoms with Crippen LogP contribution in [-0.4, -0.2) is 51.2 Å². The van der Waals surface area contributed by atoms with Gasteiger partial charge in [0.1, 0.15) is 11.6 Å². The van der Waals surface area contributed by atoms with Gasteiger partial charge in [0, 0.05) is 44.7 Å². The summed E-state index contributed by atoms with van der Waals surface area (Å²) in [6, 6.07) is 4.66. The van der Waals surface area contributed by atoms with Crippen LogP contribution in [0.4, 0.5) is 10.1 Å². The second-order valence-electron chi connectivity index (χ2n) is 7.63. The summed E-state index contributed by atoms with van der Waals surface area (Å²) in [5.74, 6) is 0.392. The highest BCUT2D eigenvalue weighted by Crippen LogP contribution is 2.22. The molecule has 0 bridgehead atoms. The predicted octanol–water partition coefficient (Wildman–Crippen LogP) is 1.89. The highest BCUT2D eigenvalue weighted by atomic mass is 19.1. The third kappa shape index (κ3) is 3.73. The molecular formula is C20H26FN5O2. The highest BCUT2D eigenvalue weighted by Gasteiger charge is 2.22. The van der Waals surface area contributed by atoms with Crippen molar-refractivity contribution in [2.75, 3.05) is 31.1 Å². The number of rotatable bonds is 4. The Morgan fingerprint density at radius 2 is 1.89 bits per heavy atom. The van der Waals surface area contributed by atoms with Crippen LogP contribution in [0.3, 0.4) is 0 Å². The van der Waals surface area contributed by atoms with Gasteiger partial charge in [0.05, 0.1) is 12.4 Å². The summed E-state index contributed by atoms with van der Waals surface area (Å²) in [7, 11) is 0. The van der Waals surface area contributed by atoms with E-state index in [1.807, 2.05) is 9.47 Å². The van der Waals surface area contributed by atoms with Crippen LogP contribution >= 0.6 is 0 Å². The lowest BCUT2D eigenvalue weighted by Crippen LogP contribution is -2.48. The van der Waals surface area contributed by atoms with Crippen molar-refractivity contribution in [2.45, 2.75) is 45.8 Å². The van der Waals surface area contributed by atoms with Crippen LogP contribution in [0.5, 0.6) is 0 Å². The standard InChI is InChI=1S/C20H26FN5O2/c1-15(27)16-6-7-18(17(21)13-16)24-11-9-23(10-12-24)14-26-20(28)25-8-4-2-3-5-19(25)22-26/h6-7,13H,2-5,8-12,14H2,1H3. The number of piperazine rings is 1. The minimum Gasteiger partial charge on any atom is -0.367 e. The van der Waals surface area contributed by atoms with Crippen LogP contribution < -0.4 is 10.6 Å². The Balaban J connectivity index is 1.40. The van der Waals surface area contributed by atoms with Crippen LogP contribution in [0.1, 0.15) is 42.4 Å². The molecular weight excluding hydrogens is 361 g/mol. The molecule has 1 aromatic carbocycles. The Morgan fingerprint density at radius 3 is 2.61 bits per heavy atom. The fraction of sp³-hybridized carbons (Fsp3) is 0.550. The third-order valence-corrected chi connectivity index (χ3v) is 5.68. The summed E-state index contributed by atoms with van der Waals surface area (Å²) in [6.07, 6.45) is 4.13. The van der Waals surface area contributed by atoms with E-state index < -0.39 is 0 Å². The molecule has 150 valence electrons. The zero-order valence-electron chi connectivity index (χ0n) is 16.2. The van der Waals surface area contributed by atoms with Gasteiger partial charge in [0.15, 0.2) is 5.78 Å². The molecule has 1 fully saturated rings. The lowest BCUT2D eigenvalue weighted by atomic mass is 10.1. The average molecular weight is 387 g/mol. The molecule has 7 nitrogen and oxygen atoms in total. The molecule has 1 aromatic heterocycles. The number of aryl methyl sites for hydroxylation is 1. The van der Waals surface area contributed by atoms with Gasteiger partial charge in [0.25, 0.3) is 0 Å². The number of aromatic nitrogens is 3. The molecule has 0 amide bonds. The van der Waals surface area contributed by atoms with E-state index in [4.69, 9.17) is 0 Å². The molecule has 8 heteroatoms. The summed E-state index contributed by atoms with van der Waals surface area (Å²) in [5, 5.41) is 4.54. The Morgan fingerprint density at radius 1 is 1.11 bits per heavy atom. The van der Waals surface area contributed by atoms with E-state index in [1.165, 1.54) is 13.0 Å². The number of carbonyl (C=O) groups is 1. The van der Waals surface area contributed by atoms with Crippen LogP contribution in [0.2, 0.25) is 0 Å². The Hall–Kier alpha value is -2.48. The van der Waals surface area contributed by atoms with Crippen LogP contribution in [0.25, 0.3) is 0 Å². The van der Waals surface area contributed by atoms with E-state index in [1.54, 1.807) is 16.8 Å². The maximum atomic E-state index is 14.4. The third-order valence-electron chi connectivity index (χ3n) is 5.68. The second-order valence-corrected chi connectivity index (χ2v) is 7.63. The van der Waals surface area contributed by atoms with Crippen molar-refractivity contribution in [3.8, 4) is 0 Å². The molecule has 0 saturated carbocycles. The molecule has 4 rings (SSSR count). The van der Waals surface area contributed by atoms with Gasteiger partial charge in [0.2, 0.25) is 0 Å². The van der Waals surface area contributed by atoms with Gasteiger partial charge in [-0.1, -0.05) is 6.42 Å². The van der Waals surface area contributed by atoms with Gasteiger partial charge in [-0.15, -0.1) is 0 Å². The number of anilines is 1. The van der Waals surface area contributed by atoms with Gasteiger partial charge in [-0.2, -0.15) is 9.78 Å². The van der Waals surface area contributed by atoms with Crippen LogP contribution in [0, 0.1) is 5.82 Å². The van der Waals surface area contributed by atoms with E-state index in [0.29, 0.717) is 31.0 Å². The molecule has 0 atom stereocenters. The lowest BCUT2D eigenvalue weighted by Gasteiger charge is -2.35. The number of benzene rings is 1. The van der Waals surface area contributed by atoms with Crippen molar-refractivity contribution in [2.24, 2.45) is 0 Å². The van der Waals surface area contributed by atoms with Crippen molar-refractivity contribution in [1.29, 1.82) is 0 Å². The Labute approximate surface area is 163 Å². The quantitative estimate of drug-likeness (QED) is 0.750. The molecule has 3 heterocycles. The first kappa shape index (κ1) is 18.9. The molecule has 0 N–H and O–H groups in total. The SMILES string of the molecule is CC(=O)c1ccc(N2CCN(Cn3nc4n(c3=O)CCCCC4)CC2)c(F)c1. The molecule has 2 aliphatic rings. The maximum absolute atomic E-state index is 14.4. The molecule has 0 spiro atoms. The normalized spacial score (nSPS) is 18.0. The van der Waals surface area contributed by atoms with Gasteiger partial charge < -0.3 is 4.90 Å². The first-order valence-electron chi connectivity index (χ1n) is 9.97. The highest BCUT2D eigenvalue weighted by molar-refractivity contribution is 5.94. The monoisotopic (exact) mass is 387 g/mol. The number of hydrogen-bond acceptors (Lipinski definition) is 5. The van der Waals surface area contributed by atoms with E-state index >= 15 is 0 Å². The largest absolute Gasteiger partial charge is 0.367 e. The van der Waals surface area contributed by atoms with Crippen molar-refractivity contribution in [1.82, 2.24) is 19.2 Å². The fourth-order valence-corrected chi connectivity index (χ4v) is 4.02. The van der Waals surface area contributed by atoms with Gasteiger partial charge in [-0.3, -0.25) is 14.3 Å². The fourth-order valence-electron chi connectivity index (χ4n) is 4.02. The maximum Gasteiger partial charge on any atom is 0.347 e. The number of fused-ring (bicyclic) bond motifs is 1. The van der Waals surface area contributed by atoms with Crippen molar-refractivity contribution in [3.05, 3.63) is 45.9 Å². The number of Topliss-reactive ketones (excluding diaryl/α,β-unsaturated/α-hetero) is 1. The summed E-state index contributed by atoms with van der Waals surface area (Å²) < 4.78 is 17.8. The first-order valence-corrected chi connectivity index (χ1v) is 9.97. The van der Waals surface area contributed by atoms with E-state index in [0.717, 1.165) is 51.1 Å². The van der Waals surface area contributed by atoms with Gasteiger partial charge in [-0.05, 0) is 38.0 Å². The zero-order chi connectivity index (χ0) is 19.7. The minimum absolute atomic E-state index is 0.0230. The summed E-state index contributed by atoms with van der Waals surface area (Å²) >= 11 is 0. The summed E-state index contributed by atoms with van der Waals surface area (Å²) in [4.78, 5) is 28.2. The van der Waals surface area contributed by atoms with Gasteiger partial charge >= 0.3 is 5.69 Å². The number of halogens is 1. The van der Waals surface area contributed by atoms with Gasteiger partial charge in [-0.25, -0.2) is 9.18 Å². The first-order chi connectivity index (χ1) is 13.5. The van der Waals surface area contributed by atoms with E-state index in [-0.39, 0.29) is 17.3 Å². The van der Waals surface area contributed by atoms with Crippen LogP contribution in [-0.2, 0) is 19.6 Å². The predicted molar refractivity (Wildman–Crippen MR) is 104 cm³/mol. The molecule has 2 aromatic rings. The van der Waals surface area contributed by atoms with E-state index in [2.05, 4.69) is 10.00 Å². The molecule has 0 radical (unpaired) electrons. The number of ketones is 1. The molecule has 28 heavy (non-hydrogen) atoms. The molecule has 2 aliphatic heterocycles. The topological polar surface area (TPSA) is 63.4 Å². The Bertz CT molecular complexity index is 927. The zero-order valence-corrected chi connectivity index (χ0v) is 16.2. The van der Waals surface area contributed by atoms with Crippen LogP contribution in [0.15, 0.2) is 23.0 Å². The summed E-state index contributed by atoms with van der Waals surface area (Å²) in [5.41, 5.74) is 0.888. The molecule has 1 saturated heterocycles. The minimum atomic E-state index is -0.366. The average Bonchev–Trinajstić information content (AvgIpc) is 2.85. The second kappa shape index (κ2) is 7.87. The van der Waals surface area contributed by atoms with Crippen molar-refractivity contribution in [3.63, 3.8) is 0 Å². The number of hydrogen-bond donors (Lipinski definition) is 0. The Kier molecular flexibility index (Phi) is 5.30. The van der Waals surface area contributed by atoms with E-state index in [9.17, 15) is 14.0 Å². The molecule has 0 aliphatic carbocycles. The summed E-state index contributed by atoms with van der Waals surface area (Å²) in [6.45, 7) is 5.45. The van der Waals surface area contributed by atoms with Crippen molar-refractivity contribution >= 4 is 11.5 Å². The lowest BCUT2D eigenvalue weighted by molar-refractivity contribution is 0.101. The number of carbonyl (C=O) groups excluding carboxylic acids is 1. The van der Waals surface area contributed by atoms with Crippen molar-refractivity contribution < 1.29 is 9.18 Å². The molecule has 0 unspecified atom stereocenters. The number of nitrogens with zero attached hydrogens (tertiary/aromatic N) is 5.